The average molecular weight is 160 g/mol. The maximum atomic E-state index is 9.69. The van der Waals surface area contributed by atoms with Crippen molar-refractivity contribution in [1.82, 2.24) is 0 Å². The lowest BCUT2D eigenvalue weighted by Crippen LogP contribution is -2.20. The fourth-order valence-corrected chi connectivity index (χ4v) is 2.34. The van der Waals surface area contributed by atoms with Gasteiger partial charge in [0.05, 0.1) is 5.34 Å². The van der Waals surface area contributed by atoms with Gasteiger partial charge in [0, 0.05) is 0 Å². The number of rotatable bonds is 0. The molecule has 0 aromatic heterocycles. The number of aliphatic hydroxyl groups is 1. The molecule has 0 amide bonds. The van der Waals surface area contributed by atoms with Crippen molar-refractivity contribution in [3.05, 3.63) is 0 Å². The van der Waals surface area contributed by atoms with E-state index < -0.39 is 5.34 Å². The summed E-state index contributed by atoms with van der Waals surface area (Å²) < 4.78 is 0. The van der Waals surface area contributed by atoms with E-state index in [1.165, 1.54) is 19.3 Å². The van der Waals surface area contributed by atoms with Gasteiger partial charge in [-0.15, -0.1) is 9.24 Å². The highest BCUT2D eigenvalue weighted by Gasteiger charge is 2.25. The molecule has 3 atom stereocenters. The van der Waals surface area contributed by atoms with Crippen LogP contribution >= 0.6 is 9.24 Å². The molecule has 0 heterocycles. The molecule has 0 spiro atoms. The van der Waals surface area contributed by atoms with Gasteiger partial charge in [-0.1, -0.05) is 26.2 Å². The van der Waals surface area contributed by atoms with Gasteiger partial charge in [-0.25, -0.2) is 0 Å². The van der Waals surface area contributed by atoms with Crippen LogP contribution in [0, 0.1) is 5.92 Å². The molecule has 0 aliphatic heterocycles. The van der Waals surface area contributed by atoms with Crippen LogP contribution in [-0.4, -0.2) is 10.4 Å². The largest absolute Gasteiger partial charge is 0.386 e. The summed E-state index contributed by atoms with van der Waals surface area (Å²) in [6.45, 7) is 2.22. The average Bonchev–Trinajstić information content (AvgIpc) is 1.90. The summed E-state index contributed by atoms with van der Waals surface area (Å²) in [4.78, 5) is 0. The zero-order valence-electron chi connectivity index (χ0n) is 6.64. The quantitative estimate of drug-likeness (QED) is 0.425. The van der Waals surface area contributed by atoms with Gasteiger partial charge in [0.25, 0.3) is 0 Å². The van der Waals surface area contributed by atoms with Gasteiger partial charge in [0.15, 0.2) is 0 Å². The van der Waals surface area contributed by atoms with Crippen LogP contribution in [0.4, 0.5) is 0 Å². The monoisotopic (exact) mass is 160 g/mol. The van der Waals surface area contributed by atoms with Crippen LogP contribution in [0.1, 0.15) is 39.0 Å². The Kier molecular flexibility index (Phi) is 2.71. The fourth-order valence-electron chi connectivity index (χ4n) is 1.73. The highest BCUT2D eigenvalue weighted by atomic mass is 31.0. The molecule has 1 fully saturated rings. The highest BCUT2D eigenvalue weighted by molar-refractivity contribution is 7.18. The standard InChI is InChI=1S/C8H17OP/c1-7-4-2-3-5-8(9,10)6-7/h7,9H,2-6,10H2,1H3. The first-order chi connectivity index (χ1) is 4.60. The lowest BCUT2D eigenvalue weighted by atomic mass is 10.0. The minimum Gasteiger partial charge on any atom is -0.386 e. The lowest BCUT2D eigenvalue weighted by molar-refractivity contribution is 0.107. The molecule has 0 aromatic carbocycles. The van der Waals surface area contributed by atoms with Gasteiger partial charge in [0.2, 0.25) is 0 Å². The summed E-state index contributed by atoms with van der Waals surface area (Å²) in [5.41, 5.74) is 0. The summed E-state index contributed by atoms with van der Waals surface area (Å²) in [6, 6.07) is 0. The molecule has 0 saturated heterocycles. The number of hydrogen-bond acceptors (Lipinski definition) is 1. The van der Waals surface area contributed by atoms with Gasteiger partial charge >= 0.3 is 0 Å². The van der Waals surface area contributed by atoms with Gasteiger partial charge in [-0.3, -0.25) is 0 Å². The molecule has 10 heavy (non-hydrogen) atoms. The second kappa shape index (κ2) is 3.19. The van der Waals surface area contributed by atoms with E-state index in [1.54, 1.807) is 0 Å². The third-order valence-electron chi connectivity index (χ3n) is 2.26. The van der Waals surface area contributed by atoms with Crippen molar-refractivity contribution in [3.8, 4) is 0 Å². The zero-order chi connectivity index (χ0) is 7.61. The van der Waals surface area contributed by atoms with Crippen molar-refractivity contribution in [2.75, 3.05) is 0 Å². The van der Waals surface area contributed by atoms with Gasteiger partial charge < -0.3 is 5.11 Å². The summed E-state index contributed by atoms with van der Waals surface area (Å²) >= 11 is 0. The van der Waals surface area contributed by atoms with E-state index in [2.05, 4.69) is 16.2 Å². The molecule has 3 unspecified atom stereocenters. The van der Waals surface area contributed by atoms with E-state index in [0.29, 0.717) is 5.92 Å². The summed E-state index contributed by atoms with van der Waals surface area (Å²) in [5.74, 6) is 0.699. The van der Waals surface area contributed by atoms with Crippen molar-refractivity contribution in [1.29, 1.82) is 0 Å². The van der Waals surface area contributed by atoms with Gasteiger partial charge in [0.1, 0.15) is 0 Å². The molecular weight excluding hydrogens is 143 g/mol. The first kappa shape index (κ1) is 8.49. The van der Waals surface area contributed by atoms with Crippen LogP contribution in [0.3, 0.4) is 0 Å². The smallest absolute Gasteiger partial charge is 0.0781 e. The molecule has 0 radical (unpaired) electrons. The van der Waals surface area contributed by atoms with Crippen LogP contribution in [0.25, 0.3) is 0 Å². The van der Waals surface area contributed by atoms with Gasteiger partial charge in [-0.05, 0) is 18.8 Å². The first-order valence-corrected chi connectivity index (χ1v) is 4.69. The predicted molar refractivity (Wildman–Crippen MR) is 46.9 cm³/mol. The number of hydrogen-bond donors (Lipinski definition) is 1. The Morgan fingerprint density at radius 3 is 2.90 bits per heavy atom. The van der Waals surface area contributed by atoms with Crippen LogP contribution in [0.2, 0.25) is 0 Å². The SMILES string of the molecule is CC1CCCCC(O)(P)C1. The van der Waals surface area contributed by atoms with E-state index in [4.69, 9.17) is 0 Å². The molecule has 60 valence electrons. The molecule has 0 bridgehead atoms. The second-order valence-electron chi connectivity index (χ2n) is 3.66. The fraction of sp³-hybridized carbons (Fsp3) is 1.00. The van der Waals surface area contributed by atoms with Crippen molar-refractivity contribution in [2.45, 2.75) is 44.4 Å². The van der Waals surface area contributed by atoms with Crippen LogP contribution < -0.4 is 0 Å². The Bertz CT molecular complexity index is 112. The summed E-state index contributed by atoms with van der Waals surface area (Å²) in [6.07, 6.45) is 5.68. The maximum Gasteiger partial charge on any atom is 0.0781 e. The first-order valence-electron chi connectivity index (χ1n) is 4.11. The second-order valence-corrected chi connectivity index (χ2v) is 4.73. The van der Waals surface area contributed by atoms with Crippen LogP contribution in [-0.2, 0) is 0 Å². The third kappa shape index (κ3) is 2.56. The van der Waals surface area contributed by atoms with E-state index in [-0.39, 0.29) is 0 Å². The van der Waals surface area contributed by atoms with E-state index in [9.17, 15) is 5.11 Å². The molecule has 1 nitrogen and oxygen atoms in total. The molecule has 1 rings (SSSR count). The van der Waals surface area contributed by atoms with Crippen molar-refractivity contribution in [2.24, 2.45) is 5.92 Å². The maximum absolute atomic E-state index is 9.69. The lowest BCUT2D eigenvalue weighted by Gasteiger charge is -2.22. The molecular formula is C8H17OP. The van der Waals surface area contributed by atoms with Crippen LogP contribution in [0.5, 0.6) is 0 Å². The Morgan fingerprint density at radius 1 is 1.50 bits per heavy atom. The Hall–Kier alpha value is 0.390. The van der Waals surface area contributed by atoms with Crippen molar-refractivity contribution in [3.63, 3.8) is 0 Å². The molecule has 1 saturated carbocycles. The minimum atomic E-state index is -0.448. The third-order valence-corrected chi connectivity index (χ3v) is 2.78. The topological polar surface area (TPSA) is 20.2 Å². The zero-order valence-corrected chi connectivity index (χ0v) is 7.79. The van der Waals surface area contributed by atoms with E-state index in [1.807, 2.05) is 0 Å². The predicted octanol–water partition coefficient (Wildman–Crippen LogP) is 2.15. The Labute approximate surface area is 65.4 Å². The molecule has 1 aliphatic rings. The highest BCUT2D eigenvalue weighted by Crippen LogP contribution is 2.34. The summed E-state index contributed by atoms with van der Waals surface area (Å²) in [5, 5.41) is 9.24. The molecule has 1 aliphatic carbocycles. The van der Waals surface area contributed by atoms with Crippen LogP contribution in [0.15, 0.2) is 0 Å². The van der Waals surface area contributed by atoms with E-state index >= 15 is 0 Å². The van der Waals surface area contributed by atoms with E-state index in [0.717, 1.165) is 12.8 Å². The van der Waals surface area contributed by atoms with Gasteiger partial charge in [-0.2, -0.15) is 0 Å². The van der Waals surface area contributed by atoms with Crippen molar-refractivity contribution >= 4 is 9.24 Å². The molecule has 2 heteroatoms. The Balaban J connectivity index is 2.46. The molecule has 1 N–H and O–H groups in total. The summed E-state index contributed by atoms with van der Waals surface area (Å²) in [7, 11) is 2.58. The van der Waals surface area contributed by atoms with Crippen molar-refractivity contribution < 1.29 is 5.11 Å². The molecule has 0 aromatic rings. The normalized spacial score (nSPS) is 42.9. The minimum absolute atomic E-state index is 0.448. The Morgan fingerprint density at radius 2 is 2.20 bits per heavy atom.